The van der Waals surface area contributed by atoms with Crippen LogP contribution in [0.4, 0.5) is 5.82 Å². The van der Waals surface area contributed by atoms with Gasteiger partial charge in [-0.15, -0.1) is 0 Å². The fraction of sp³-hybridized carbons (Fsp3) is 0.364. The van der Waals surface area contributed by atoms with E-state index < -0.39 is 0 Å². The third kappa shape index (κ3) is 3.24. The van der Waals surface area contributed by atoms with Gasteiger partial charge in [-0.05, 0) is 19.1 Å². The molecule has 16 heavy (non-hydrogen) atoms. The summed E-state index contributed by atoms with van der Waals surface area (Å²) in [5, 5.41) is 11.4. The van der Waals surface area contributed by atoms with Crippen LogP contribution in [0.15, 0.2) is 18.3 Å². The van der Waals surface area contributed by atoms with Gasteiger partial charge in [0.15, 0.2) is 0 Å². The summed E-state index contributed by atoms with van der Waals surface area (Å²) in [6.45, 7) is 2.71. The Kier molecular flexibility index (Phi) is 4.28. The molecule has 0 fully saturated rings. The van der Waals surface area contributed by atoms with Crippen molar-refractivity contribution in [2.75, 3.05) is 25.0 Å². The predicted molar refractivity (Wildman–Crippen MR) is 60.9 cm³/mol. The molecule has 0 aliphatic heterocycles. The van der Waals surface area contributed by atoms with Crippen LogP contribution in [0.25, 0.3) is 0 Å². The van der Waals surface area contributed by atoms with Gasteiger partial charge in [0, 0.05) is 19.8 Å². The number of nitriles is 1. The number of hydrogen-bond donors (Lipinski definition) is 1. The number of pyridine rings is 1. The number of rotatable bonds is 4. The summed E-state index contributed by atoms with van der Waals surface area (Å²) in [6.07, 6.45) is 1.56. The maximum absolute atomic E-state index is 11.3. The lowest BCUT2D eigenvalue weighted by atomic mass is 10.3. The lowest BCUT2D eigenvalue weighted by molar-refractivity contribution is -0.119. The number of aromatic nitrogens is 1. The zero-order valence-electron chi connectivity index (χ0n) is 9.40. The SMILES string of the molecule is CCNC(=O)CN(C)c1cc(C#N)ccn1. The van der Waals surface area contributed by atoms with E-state index in [1.54, 1.807) is 30.3 Å². The molecule has 1 rings (SSSR count). The highest BCUT2D eigenvalue weighted by molar-refractivity contribution is 5.80. The first-order valence-corrected chi connectivity index (χ1v) is 5.01. The lowest BCUT2D eigenvalue weighted by Crippen LogP contribution is -2.35. The number of anilines is 1. The van der Waals surface area contributed by atoms with E-state index >= 15 is 0 Å². The van der Waals surface area contributed by atoms with Gasteiger partial charge in [0.05, 0.1) is 18.2 Å². The minimum Gasteiger partial charge on any atom is -0.355 e. The maximum atomic E-state index is 11.3. The summed E-state index contributed by atoms with van der Waals surface area (Å²) in [7, 11) is 1.76. The van der Waals surface area contributed by atoms with Crippen molar-refractivity contribution in [3.63, 3.8) is 0 Å². The molecule has 0 aromatic carbocycles. The molecule has 0 bridgehead atoms. The number of amides is 1. The van der Waals surface area contributed by atoms with Gasteiger partial charge in [0.1, 0.15) is 5.82 Å². The van der Waals surface area contributed by atoms with Gasteiger partial charge < -0.3 is 10.2 Å². The average Bonchev–Trinajstić information content (AvgIpc) is 2.29. The Morgan fingerprint density at radius 2 is 2.44 bits per heavy atom. The lowest BCUT2D eigenvalue weighted by Gasteiger charge is -2.17. The normalized spacial score (nSPS) is 9.31. The Balaban J connectivity index is 2.69. The second-order valence-electron chi connectivity index (χ2n) is 3.32. The van der Waals surface area contributed by atoms with E-state index in [-0.39, 0.29) is 12.5 Å². The van der Waals surface area contributed by atoms with Gasteiger partial charge in [-0.25, -0.2) is 4.98 Å². The molecule has 0 radical (unpaired) electrons. The summed E-state index contributed by atoms with van der Waals surface area (Å²) < 4.78 is 0. The molecule has 5 heteroatoms. The largest absolute Gasteiger partial charge is 0.355 e. The molecule has 0 saturated carbocycles. The van der Waals surface area contributed by atoms with Crippen LogP contribution in [0.5, 0.6) is 0 Å². The van der Waals surface area contributed by atoms with E-state index in [1.807, 2.05) is 13.0 Å². The second-order valence-corrected chi connectivity index (χ2v) is 3.32. The molecule has 0 unspecified atom stereocenters. The number of hydrogen-bond acceptors (Lipinski definition) is 4. The Bertz CT molecular complexity index is 411. The van der Waals surface area contributed by atoms with E-state index in [4.69, 9.17) is 5.26 Å². The van der Waals surface area contributed by atoms with Crippen LogP contribution in [0.3, 0.4) is 0 Å². The van der Waals surface area contributed by atoms with E-state index in [0.29, 0.717) is 17.9 Å². The highest BCUT2D eigenvalue weighted by Gasteiger charge is 2.07. The highest BCUT2D eigenvalue weighted by Crippen LogP contribution is 2.09. The third-order valence-corrected chi connectivity index (χ3v) is 2.02. The predicted octanol–water partition coefficient (Wildman–Crippen LogP) is 0.526. The molecule has 1 heterocycles. The number of carbonyl (C=O) groups is 1. The monoisotopic (exact) mass is 218 g/mol. The van der Waals surface area contributed by atoms with Crippen molar-refractivity contribution in [3.05, 3.63) is 23.9 Å². The minimum absolute atomic E-state index is 0.0610. The minimum atomic E-state index is -0.0610. The molecule has 0 aliphatic rings. The fourth-order valence-corrected chi connectivity index (χ4v) is 1.25. The Hall–Kier alpha value is -2.09. The molecule has 1 N–H and O–H groups in total. The van der Waals surface area contributed by atoms with Crippen molar-refractivity contribution in [2.24, 2.45) is 0 Å². The fourth-order valence-electron chi connectivity index (χ4n) is 1.25. The molecule has 84 valence electrons. The van der Waals surface area contributed by atoms with Crippen LogP contribution in [-0.2, 0) is 4.79 Å². The third-order valence-electron chi connectivity index (χ3n) is 2.02. The average molecular weight is 218 g/mol. The highest BCUT2D eigenvalue weighted by atomic mass is 16.2. The first kappa shape index (κ1) is 12.0. The summed E-state index contributed by atoms with van der Waals surface area (Å²) >= 11 is 0. The molecule has 1 aromatic rings. The van der Waals surface area contributed by atoms with Gasteiger partial charge in [-0.3, -0.25) is 4.79 Å². The van der Waals surface area contributed by atoms with Gasteiger partial charge in [-0.1, -0.05) is 0 Å². The van der Waals surface area contributed by atoms with Crippen molar-refractivity contribution in [1.82, 2.24) is 10.3 Å². The quantitative estimate of drug-likeness (QED) is 0.800. The van der Waals surface area contributed by atoms with Crippen LogP contribution in [0.2, 0.25) is 0 Å². The van der Waals surface area contributed by atoms with Crippen molar-refractivity contribution in [1.29, 1.82) is 5.26 Å². The number of nitrogens with one attached hydrogen (secondary N) is 1. The number of carbonyl (C=O) groups excluding carboxylic acids is 1. The van der Waals surface area contributed by atoms with Crippen molar-refractivity contribution in [3.8, 4) is 6.07 Å². The standard InChI is InChI=1S/C11H14N4O/c1-3-13-11(16)8-15(2)10-6-9(7-12)4-5-14-10/h4-6H,3,8H2,1-2H3,(H,13,16). The summed E-state index contributed by atoms with van der Waals surface area (Å²) in [5.41, 5.74) is 0.535. The topological polar surface area (TPSA) is 69.0 Å². The molecular formula is C11H14N4O. The summed E-state index contributed by atoms with van der Waals surface area (Å²) in [6, 6.07) is 5.31. The zero-order chi connectivity index (χ0) is 12.0. The van der Waals surface area contributed by atoms with Crippen molar-refractivity contribution < 1.29 is 4.79 Å². The Morgan fingerprint density at radius 1 is 1.69 bits per heavy atom. The van der Waals surface area contributed by atoms with Gasteiger partial charge in [0.25, 0.3) is 0 Å². The van der Waals surface area contributed by atoms with E-state index in [2.05, 4.69) is 10.3 Å². The van der Waals surface area contributed by atoms with Gasteiger partial charge in [0.2, 0.25) is 5.91 Å². The Labute approximate surface area is 94.7 Å². The Morgan fingerprint density at radius 3 is 3.06 bits per heavy atom. The molecular weight excluding hydrogens is 204 g/mol. The van der Waals surface area contributed by atoms with E-state index in [1.165, 1.54) is 0 Å². The van der Waals surface area contributed by atoms with Gasteiger partial charge in [-0.2, -0.15) is 5.26 Å². The van der Waals surface area contributed by atoms with E-state index in [9.17, 15) is 4.79 Å². The first-order chi connectivity index (χ1) is 7.67. The summed E-state index contributed by atoms with van der Waals surface area (Å²) in [5.74, 6) is 0.555. The maximum Gasteiger partial charge on any atom is 0.239 e. The smallest absolute Gasteiger partial charge is 0.239 e. The molecule has 0 atom stereocenters. The molecule has 0 saturated heterocycles. The molecule has 1 aromatic heterocycles. The van der Waals surface area contributed by atoms with Crippen LogP contribution in [0, 0.1) is 11.3 Å². The van der Waals surface area contributed by atoms with Gasteiger partial charge >= 0.3 is 0 Å². The van der Waals surface area contributed by atoms with Crippen LogP contribution in [-0.4, -0.2) is 31.0 Å². The molecule has 5 nitrogen and oxygen atoms in total. The second kappa shape index (κ2) is 5.71. The molecule has 0 aliphatic carbocycles. The van der Waals surface area contributed by atoms with Crippen LogP contribution >= 0.6 is 0 Å². The van der Waals surface area contributed by atoms with Crippen molar-refractivity contribution >= 4 is 11.7 Å². The first-order valence-electron chi connectivity index (χ1n) is 5.01. The van der Waals surface area contributed by atoms with E-state index in [0.717, 1.165) is 0 Å². The molecule has 0 spiro atoms. The number of likely N-dealkylation sites (N-methyl/N-ethyl adjacent to an activating group) is 2. The number of nitrogens with zero attached hydrogens (tertiary/aromatic N) is 3. The zero-order valence-corrected chi connectivity index (χ0v) is 9.40. The summed E-state index contributed by atoms with van der Waals surface area (Å²) in [4.78, 5) is 17.1. The van der Waals surface area contributed by atoms with Crippen LogP contribution < -0.4 is 10.2 Å². The molecule has 1 amide bonds. The van der Waals surface area contributed by atoms with Crippen molar-refractivity contribution in [2.45, 2.75) is 6.92 Å². The van der Waals surface area contributed by atoms with Crippen LogP contribution in [0.1, 0.15) is 12.5 Å².